The molecule has 0 fully saturated rings. The molecule has 0 atom stereocenters. The molecule has 0 spiro atoms. The van der Waals surface area contributed by atoms with Crippen molar-refractivity contribution in [2.75, 3.05) is 0 Å². The SMILES string of the molecule is CC(C)(C)c1ccc2nc(-c3ccncc3)[nH]c2c1. The standard InChI is InChI=1S/C16H17N3/c1-16(2,3)12-4-5-13-14(10-12)19-15(18-13)11-6-8-17-9-7-11/h4-10H,1-3H3,(H,18,19). The lowest BCUT2D eigenvalue weighted by Crippen LogP contribution is -2.10. The molecule has 96 valence electrons. The molecule has 19 heavy (non-hydrogen) atoms. The first-order valence-corrected chi connectivity index (χ1v) is 6.45. The zero-order chi connectivity index (χ0) is 13.5. The molecule has 0 amide bonds. The second-order valence-electron chi connectivity index (χ2n) is 5.80. The molecule has 3 heteroatoms. The molecular weight excluding hydrogens is 234 g/mol. The maximum atomic E-state index is 4.62. The lowest BCUT2D eigenvalue weighted by molar-refractivity contribution is 0.591. The minimum atomic E-state index is 0.149. The van der Waals surface area contributed by atoms with Crippen molar-refractivity contribution in [3.8, 4) is 11.4 Å². The highest BCUT2D eigenvalue weighted by Gasteiger charge is 2.15. The Morgan fingerprint density at radius 1 is 1.00 bits per heavy atom. The Bertz CT molecular complexity index is 706. The van der Waals surface area contributed by atoms with E-state index >= 15 is 0 Å². The average Bonchev–Trinajstić information content (AvgIpc) is 2.81. The second kappa shape index (κ2) is 4.19. The molecule has 3 aromatic rings. The Labute approximate surface area is 112 Å². The molecule has 3 nitrogen and oxygen atoms in total. The van der Waals surface area contributed by atoms with Crippen LogP contribution >= 0.6 is 0 Å². The molecule has 1 N–H and O–H groups in total. The number of aromatic nitrogens is 3. The van der Waals surface area contributed by atoms with E-state index in [1.807, 2.05) is 12.1 Å². The van der Waals surface area contributed by atoms with Crippen molar-refractivity contribution in [3.05, 3.63) is 48.3 Å². The largest absolute Gasteiger partial charge is 0.338 e. The van der Waals surface area contributed by atoms with Crippen molar-refractivity contribution in [1.82, 2.24) is 15.0 Å². The van der Waals surface area contributed by atoms with Crippen molar-refractivity contribution in [2.24, 2.45) is 0 Å². The Morgan fingerprint density at radius 2 is 1.74 bits per heavy atom. The van der Waals surface area contributed by atoms with Crippen molar-refractivity contribution in [3.63, 3.8) is 0 Å². The van der Waals surface area contributed by atoms with Gasteiger partial charge in [0.1, 0.15) is 5.82 Å². The Hall–Kier alpha value is -2.16. The molecule has 0 aliphatic heterocycles. The number of rotatable bonds is 1. The van der Waals surface area contributed by atoms with Crippen LogP contribution in [0.1, 0.15) is 26.3 Å². The monoisotopic (exact) mass is 251 g/mol. The number of aromatic amines is 1. The highest BCUT2D eigenvalue weighted by molar-refractivity contribution is 5.80. The van der Waals surface area contributed by atoms with E-state index in [0.717, 1.165) is 22.4 Å². The van der Waals surface area contributed by atoms with Gasteiger partial charge < -0.3 is 4.98 Å². The number of pyridine rings is 1. The fourth-order valence-corrected chi connectivity index (χ4v) is 2.12. The zero-order valence-electron chi connectivity index (χ0n) is 11.4. The number of nitrogens with zero attached hydrogens (tertiary/aromatic N) is 2. The van der Waals surface area contributed by atoms with E-state index in [0.29, 0.717) is 0 Å². The summed E-state index contributed by atoms with van der Waals surface area (Å²) in [5.41, 5.74) is 4.60. The van der Waals surface area contributed by atoms with Gasteiger partial charge in [0.05, 0.1) is 11.0 Å². The van der Waals surface area contributed by atoms with E-state index in [2.05, 4.69) is 53.9 Å². The van der Waals surface area contributed by atoms with Gasteiger partial charge in [0.15, 0.2) is 0 Å². The van der Waals surface area contributed by atoms with Gasteiger partial charge in [-0.25, -0.2) is 4.98 Å². The summed E-state index contributed by atoms with van der Waals surface area (Å²) in [6.07, 6.45) is 3.56. The van der Waals surface area contributed by atoms with E-state index in [1.54, 1.807) is 12.4 Å². The van der Waals surface area contributed by atoms with E-state index in [4.69, 9.17) is 0 Å². The summed E-state index contributed by atoms with van der Waals surface area (Å²) in [5, 5.41) is 0. The van der Waals surface area contributed by atoms with Gasteiger partial charge in [-0.3, -0.25) is 4.98 Å². The maximum Gasteiger partial charge on any atom is 0.138 e. The van der Waals surface area contributed by atoms with E-state index in [1.165, 1.54) is 5.56 Å². The van der Waals surface area contributed by atoms with Gasteiger partial charge in [-0.2, -0.15) is 0 Å². The molecular formula is C16H17N3. The molecule has 2 heterocycles. The first-order valence-electron chi connectivity index (χ1n) is 6.45. The summed E-state index contributed by atoms with van der Waals surface area (Å²) < 4.78 is 0. The van der Waals surface area contributed by atoms with Crippen molar-refractivity contribution in [1.29, 1.82) is 0 Å². The molecule has 0 radical (unpaired) electrons. The molecule has 0 aliphatic carbocycles. The topological polar surface area (TPSA) is 41.6 Å². The zero-order valence-corrected chi connectivity index (χ0v) is 11.4. The van der Waals surface area contributed by atoms with Gasteiger partial charge >= 0.3 is 0 Å². The predicted octanol–water partition coefficient (Wildman–Crippen LogP) is 3.92. The number of hydrogen-bond acceptors (Lipinski definition) is 2. The van der Waals surface area contributed by atoms with Crippen LogP contribution in [-0.2, 0) is 5.41 Å². The summed E-state index contributed by atoms with van der Waals surface area (Å²) in [7, 11) is 0. The highest BCUT2D eigenvalue weighted by Crippen LogP contribution is 2.26. The highest BCUT2D eigenvalue weighted by atomic mass is 14.9. The molecule has 0 saturated heterocycles. The van der Waals surface area contributed by atoms with Crippen LogP contribution in [0.4, 0.5) is 0 Å². The number of benzene rings is 1. The molecule has 0 unspecified atom stereocenters. The third-order valence-electron chi connectivity index (χ3n) is 3.30. The minimum Gasteiger partial charge on any atom is -0.338 e. The molecule has 0 saturated carbocycles. The van der Waals surface area contributed by atoms with Crippen LogP contribution in [0.3, 0.4) is 0 Å². The van der Waals surface area contributed by atoms with E-state index in [9.17, 15) is 0 Å². The summed E-state index contributed by atoms with van der Waals surface area (Å²) >= 11 is 0. The quantitative estimate of drug-likeness (QED) is 0.712. The molecule has 3 rings (SSSR count). The molecule has 0 aliphatic rings. The van der Waals surface area contributed by atoms with E-state index < -0.39 is 0 Å². The minimum absolute atomic E-state index is 0.149. The van der Waals surface area contributed by atoms with Crippen LogP contribution in [0.5, 0.6) is 0 Å². The molecule has 0 bridgehead atoms. The number of fused-ring (bicyclic) bond motifs is 1. The lowest BCUT2D eigenvalue weighted by Gasteiger charge is -2.18. The number of hydrogen-bond donors (Lipinski definition) is 1. The van der Waals surface area contributed by atoms with Gasteiger partial charge in [-0.05, 0) is 35.2 Å². The first kappa shape index (κ1) is 11.9. The number of nitrogens with one attached hydrogen (secondary N) is 1. The van der Waals surface area contributed by atoms with Crippen LogP contribution in [0, 0.1) is 0 Å². The van der Waals surface area contributed by atoms with Crippen molar-refractivity contribution in [2.45, 2.75) is 26.2 Å². The molecule has 1 aromatic carbocycles. The summed E-state index contributed by atoms with van der Waals surface area (Å²) in [6, 6.07) is 10.3. The van der Waals surface area contributed by atoms with Crippen LogP contribution in [0.2, 0.25) is 0 Å². The second-order valence-corrected chi connectivity index (χ2v) is 5.80. The van der Waals surface area contributed by atoms with Crippen LogP contribution in [0.15, 0.2) is 42.7 Å². The van der Waals surface area contributed by atoms with Crippen LogP contribution in [0.25, 0.3) is 22.4 Å². The van der Waals surface area contributed by atoms with Gasteiger partial charge in [-0.1, -0.05) is 26.8 Å². The smallest absolute Gasteiger partial charge is 0.138 e. The third kappa shape index (κ3) is 2.24. The fraction of sp³-hybridized carbons (Fsp3) is 0.250. The summed E-state index contributed by atoms with van der Waals surface area (Å²) in [4.78, 5) is 12.0. The number of imidazole rings is 1. The molecule has 2 aromatic heterocycles. The normalized spacial score (nSPS) is 11.9. The average molecular weight is 251 g/mol. The summed E-state index contributed by atoms with van der Waals surface area (Å²) in [5.74, 6) is 0.892. The maximum absolute atomic E-state index is 4.62. The lowest BCUT2D eigenvalue weighted by atomic mass is 9.87. The Kier molecular flexibility index (Phi) is 2.63. The van der Waals surface area contributed by atoms with Gasteiger partial charge in [0, 0.05) is 18.0 Å². The van der Waals surface area contributed by atoms with Crippen molar-refractivity contribution < 1.29 is 0 Å². The van der Waals surface area contributed by atoms with E-state index in [-0.39, 0.29) is 5.41 Å². The van der Waals surface area contributed by atoms with Gasteiger partial charge in [-0.15, -0.1) is 0 Å². The van der Waals surface area contributed by atoms with Gasteiger partial charge in [0.25, 0.3) is 0 Å². The number of H-pyrrole nitrogens is 1. The van der Waals surface area contributed by atoms with Crippen LogP contribution in [-0.4, -0.2) is 15.0 Å². The predicted molar refractivity (Wildman–Crippen MR) is 78.0 cm³/mol. The fourth-order valence-electron chi connectivity index (χ4n) is 2.12. The van der Waals surface area contributed by atoms with Crippen molar-refractivity contribution >= 4 is 11.0 Å². The van der Waals surface area contributed by atoms with Crippen LogP contribution < -0.4 is 0 Å². The van der Waals surface area contributed by atoms with Gasteiger partial charge in [0.2, 0.25) is 0 Å². The third-order valence-corrected chi connectivity index (χ3v) is 3.30. The Balaban J connectivity index is 2.12. The summed E-state index contributed by atoms with van der Waals surface area (Å²) in [6.45, 7) is 6.65. The Morgan fingerprint density at radius 3 is 2.42 bits per heavy atom. The first-order chi connectivity index (χ1) is 9.04.